The van der Waals surface area contributed by atoms with Gasteiger partial charge in [0, 0.05) is 55.6 Å². The molecule has 0 N–H and O–H groups in total. The van der Waals surface area contributed by atoms with Gasteiger partial charge in [0.1, 0.15) is 12.4 Å². The lowest BCUT2D eigenvalue weighted by molar-refractivity contribution is -0.138. The number of halogens is 4. The Kier molecular flexibility index (Phi) is 4.94. The zero-order valence-electron chi connectivity index (χ0n) is 50.0. The van der Waals surface area contributed by atoms with E-state index in [1.54, 1.807) is 0 Å². The number of benzene rings is 3. The smallest absolute Gasteiger partial charge is 0.336 e. The molecule has 0 saturated carbocycles. The van der Waals surface area contributed by atoms with Gasteiger partial charge in [-0.3, -0.25) is 9.59 Å². The number of carbonyl (C=O) groups excluding carboxylic acids is 1. The summed E-state index contributed by atoms with van der Waals surface area (Å²) in [6.45, 7) is -20.4. The number of fused-ring (bicyclic) bond motifs is 1. The molecule has 0 atom stereocenters. The first-order valence-electron chi connectivity index (χ1n) is 26.0. The van der Waals surface area contributed by atoms with E-state index < -0.39 is 189 Å². The Hall–Kier alpha value is -3.96. The molecule has 3 aromatic carbocycles. The first-order valence-corrected chi connectivity index (χ1v) is 14.4. The molecule has 0 bridgehead atoms. The van der Waals surface area contributed by atoms with E-state index in [2.05, 4.69) is 4.98 Å². The van der Waals surface area contributed by atoms with E-state index in [4.69, 9.17) is 28.8 Å². The summed E-state index contributed by atoms with van der Waals surface area (Å²) in [5.74, 6) is -3.18. The second-order valence-electron chi connectivity index (χ2n) is 9.44. The Morgan fingerprint density at radius 2 is 1.71 bits per heavy atom. The van der Waals surface area contributed by atoms with Crippen molar-refractivity contribution >= 4 is 17.7 Å². The highest BCUT2D eigenvalue weighted by atomic mass is 32.2. The Labute approximate surface area is 317 Å². The van der Waals surface area contributed by atoms with E-state index in [-0.39, 0.29) is 16.3 Å². The van der Waals surface area contributed by atoms with Gasteiger partial charge in [0.15, 0.2) is 5.16 Å². The number of carbonyl (C=O) groups is 1. The SMILES string of the molecule is [2H]c1c([2H])c(C([2H])([2H])N(C(=O)Cn2c(SC([2H])([2H])c3ccc(F)cc3)nc(=O)c3c2C([2H])([2H])C([2H])([2H])C3([2H])[2H])C([2H])([2H])C([2H])([2H])N(C([2H])([2H])C)C([2H])([2H])C)c([2H])c([2H])c1-c1c([2H])c([2H])c(C(F)(F)F)c(C)c1[2H]. The minimum atomic E-state index is -5.33. The molecule has 11 heteroatoms. The second-order valence-corrected chi connectivity index (χ2v) is 10.2. The van der Waals surface area contributed by atoms with Gasteiger partial charge in [0.2, 0.25) is 5.91 Å². The molecule has 4 aromatic rings. The van der Waals surface area contributed by atoms with E-state index in [9.17, 15) is 27.8 Å². The largest absolute Gasteiger partial charge is 0.416 e. The van der Waals surface area contributed by atoms with Gasteiger partial charge >= 0.3 is 6.18 Å². The van der Waals surface area contributed by atoms with Crippen molar-refractivity contribution in [1.82, 2.24) is 19.4 Å². The fourth-order valence-electron chi connectivity index (χ4n) is 3.97. The van der Waals surface area contributed by atoms with Crippen LogP contribution in [-0.4, -0.2) is 51.2 Å². The van der Waals surface area contributed by atoms with Crippen molar-refractivity contribution < 1.29 is 56.6 Å². The Morgan fingerprint density at radius 1 is 1.02 bits per heavy atom. The van der Waals surface area contributed by atoms with E-state index in [1.807, 2.05) is 0 Å². The van der Waals surface area contributed by atoms with Crippen molar-refractivity contribution in [2.75, 3.05) is 26.0 Å². The molecule has 0 radical (unpaired) electrons. The van der Waals surface area contributed by atoms with Crippen molar-refractivity contribution in [3.8, 4) is 11.1 Å². The van der Waals surface area contributed by atoms with Gasteiger partial charge in [-0.25, -0.2) is 4.39 Å². The number of nitrogens with zero attached hydrogens (tertiary/aromatic N) is 4. The molecule has 0 aliphatic heterocycles. The van der Waals surface area contributed by atoms with E-state index in [0.717, 1.165) is 24.3 Å². The normalized spacial score (nSPS) is 25.4. The minimum Gasteiger partial charge on any atom is -0.336 e. The molecule has 0 unspecified atom stereocenters. The van der Waals surface area contributed by atoms with Gasteiger partial charge in [0.05, 0.1) is 20.6 Å². The first kappa shape index (κ1) is 15.3. The lowest BCUT2D eigenvalue weighted by Gasteiger charge is -2.28. The van der Waals surface area contributed by atoms with Crippen LogP contribution in [0.3, 0.4) is 0 Å². The topological polar surface area (TPSA) is 58.4 Å². The third-order valence-corrected chi connectivity index (χ3v) is 7.10. The lowest BCUT2D eigenvalue weighted by atomic mass is 9.98. The predicted molar refractivity (Wildman–Crippen MR) is 181 cm³/mol. The van der Waals surface area contributed by atoms with Crippen LogP contribution in [0.25, 0.3) is 11.1 Å². The monoisotopic (exact) mass is 705 g/mol. The summed E-state index contributed by atoms with van der Waals surface area (Å²) in [6, 6.07) is -7.35. The number of likely N-dealkylation sites (N-methyl/N-ethyl adjacent to an activating group) is 1. The number of hydrogen-bond acceptors (Lipinski definition) is 5. The van der Waals surface area contributed by atoms with Crippen LogP contribution < -0.4 is 5.56 Å². The Balaban J connectivity index is 1.93. The molecule has 0 fully saturated rings. The first-order chi connectivity index (χ1) is 32.5. The summed E-state index contributed by atoms with van der Waals surface area (Å²) in [5, 5.41) is -1.18. The zero-order chi connectivity index (χ0) is 56.7. The summed E-state index contributed by atoms with van der Waals surface area (Å²) in [6.07, 6.45) is -16.6. The second kappa shape index (κ2) is 15.5. The maximum atomic E-state index is 15.3. The van der Waals surface area contributed by atoms with Crippen LogP contribution in [0.4, 0.5) is 17.6 Å². The quantitative estimate of drug-likeness (QED) is 0.0819. The van der Waals surface area contributed by atoms with Gasteiger partial charge in [-0.05, 0) is 85.0 Å². The van der Waals surface area contributed by atoms with Gasteiger partial charge < -0.3 is 14.4 Å². The highest BCUT2D eigenvalue weighted by Crippen LogP contribution is 2.34. The molecule has 0 saturated heterocycles. The third kappa shape index (κ3) is 8.54. The van der Waals surface area contributed by atoms with E-state index in [1.165, 1.54) is 0 Å². The standard InChI is InChI=1S/C37H40F4N4O2S/c1-4-43(5-2)19-20-44(22-26-9-13-28(14-10-26)29-15-18-32(25(3)21-29)37(39,40)41)34(46)23-45-33-8-6-7-31(33)35(47)42-36(45)48-24-27-11-16-30(38)17-12-27/h9-18,21H,4-8,19-20,22-24H2,1-3H3/i4D2,5D2,6D2,7D2,8D2,9D,10D,13D,14D,15D,18D,19D2,20D2,21D,22D2,24D2. The number of amides is 1. The average Bonchev–Trinajstić information content (AvgIpc) is 3.30. The number of thioether (sulfide) groups is 1. The molecule has 254 valence electrons. The zero-order valence-corrected chi connectivity index (χ0v) is 25.9. The van der Waals surface area contributed by atoms with Crippen LogP contribution in [0.15, 0.2) is 76.5 Å². The molecule has 48 heavy (non-hydrogen) atoms. The van der Waals surface area contributed by atoms with Gasteiger partial charge in [-0.1, -0.05) is 74.0 Å². The van der Waals surface area contributed by atoms with Crippen LogP contribution in [0, 0.1) is 12.7 Å². The van der Waals surface area contributed by atoms with Crippen LogP contribution in [-0.2, 0) is 42.5 Å². The van der Waals surface area contributed by atoms with Crippen LogP contribution >= 0.6 is 11.8 Å². The number of aromatic nitrogens is 2. The summed E-state index contributed by atoms with van der Waals surface area (Å²) < 4.78 is 274. The van der Waals surface area contributed by atoms with Crippen molar-refractivity contribution in [1.29, 1.82) is 0 Å². The molecule has 6 nitrogen and oxygen atoms in total. The molecule has 5 rings (SSSR count). The van der Waals surface area contributed by atoms with Crippen molar-refractivity contribution in [2.45, 2.75) is 70.0 Å². The fourth-order valence-corrected chi connectivity index (χ4v) is 4.71. The molecular weight excluding hydrogens is 640 g/mol. The summed E-state index contributed by atoms with van der Waals surface area (Å²) in [5.41, 5.74) is -14.9. The summed E-state index contributed by atoms with van der Waals surface area (Å²) in [7, 11) is 0. The van der Waals surface area contributed by atoms with Crippen molar-refractivity contribution in [2.24, 2.45) is 0 Å². The molecular formula is C37H40F4N4O2S. The molecule has 1 aliphatic carbocycles. The number of rotatable bonds is 13. The predicted octanol–water partition coefficient (Wildman–Crippen LogP) is 7.53. The number of hydrogen-bond donors (Lipinski definition) is 0. The van der Waals surface area contributed by atoms with E-state index in [0.29, 0.717) is 20.8 Å². The van der Waals surface area contributed by atoms with Crippen molar-refractivity contribution in [3.63, 3.8) is 0 Å². The van der Waals surface area contributed by atoms with Gasteiger partial charge in [0.25, 0.3) is 5.56 Å². The average molecular weight is 706 g/mol. The molecule has 1 aliphatic rings. The molecule has 1 amide bonds. The lowest BCUT2D eigenvalue weighted by Crippen LogP contribution is -2.40. The van der Waals surface area contributed by atoms with Crippen LogP contribution in [0.2, 0.25) is 0 Å². The van der Waals surface area contributed by atoms with Crippen LogP contribution in [0.1, 0.15) is 88.0 Å². The Bertz CT molecular complexity index is 2900. The Morgan fingerprint density at radius 3 is 2.38 bits per heavy atom. The molecule has 1 heterocycles. The highest BCUT2D eigenvalue weighted by Gasteiger charge is 2.32. The summed E-state index contributed by atoms with van der Waals surface area (Å²) in [4.78, 5) is 31.2. The van der Waals surface area contributed by atoms with Crippen LogP contribution in [0.5, 0.6) is 0 Å². The molecule has 1 aromatic heterocycles. The van der Waals surface area contributed by atoms with Gasteiger partial charge in [-0.15, -0.1) is 0 Å². The highest BCUT2D eigenvalue weighted by molar-refractivity contribution is 7.98. The van der Waals surface area contributed by atoms with Crippen molar-refractivity contribution in [3.05, 3.63) is 116 Å². The third-order valence-electron chi connectivity index (χ3n) is 6.27. The fraction of sp³-hybridized carbons (Fsp3) is 0.378. The number of alkyl halides is 3. The van der Waals surface area contributed by atoms with E-state index >= 15 is 4.79 Å². The summed E-state index contributed by atoms with van der Waals surface area (Å²) >= 11 is -0.195. The van der Waals surface area contributed by atoms with Gasteiger partial charge in [-0.2, -0.15) is 18.2 Å². The molecule has 0 spiro atoms. The maximum Gasteiger partial charge on any atom is 0.416 e. The minimum absolute atomic E-state index is 0.105. The maximum absolute atomic E-state index is 15.3.